The van der Waals surface area contributed by atoms with Crippen LogP contribution in [0.2, 0.25) is 0 Å². The summed E-state index contributed by atoms with van der Waals surface area (Å²) in [5, 5.41) is 40.8. The van der Waals surface area contributed by atoms with Crippen LogP contribution in [-0.2, 0) is 23.8 Å². The Bertz CT molecular complexity index is 1280. The molecule has 9 heteroatoms. The van der Waals surface area contributed by atoms with Gasteiger partial charge in [-0.15, -0.1) is 0 Å². The van der Waals surface area contributed by atoms with E-state index in [0.717, 1.165) is 57.8 Å². The monoisotopic (exact) mass is 646 g/mol. The molecule has 0 unspecified atom stereocenters. The largest absolute Gasteiger partial charge is 0.479 e. The Balaban J connectivity index is 1.29. The highest BCUT2D eigenvalue weighted by Gasteiger charge is 2.69. The third-order valence-corrected chi connectivity index (χ3v) is 15.3. The summed E-state index contributed by atoms with van der Waals surface area (Å²) in [6.07, 6.45) is 3.73. The molecule has 0 aromatic heterocycles. The van der Waals surface area contributed by atoms with Crippen molar-refractivity contribution in [1.82, 2.24) is 0 Å². The fourth-order valence-corrected chi connectivity index (χ4v) is 12.4. The average Bonchev–Trinajstić information content (AvgIpc) is 2.98. The summed E-state index contributed by atoms with van der Waals surface area (Å²) in [6, 6.07) is 0. The van der Waals surface area contributed by atoms with Gasteiger partial charge in [-0.1, -0.05) is 60.1 Å². The Hall–Kier alpha value is -1.52. The van der Waals surface area contributed by atoms with Crippen LogP contribution in [0.5, 0.6) is 0 Å². The van der Waals surface area contributed by atoms with Gasteiger partial charge in [-0.05, 0) is 109 Å². The van der Waals surface area contributed by atoms with Crippen molar-refractivity contribution in [3.63, 3.8) is 0 Å². The molecular weight excluding hydrogens is 588 g/mol. The third-order valence-electron chi connectivity index (χ3n) is 15.3. The predicted octanol–water partition coefficient (Wildman–Crippen LogP) is 5.24. The van der Waals surface area contributed by atoms with Gasteiger partial charge in [-0.25, -0.2) is 4.79 Å². The quantitative estimate of drug-likeness (QED) is 0.183. The summed E-state index contributed by atoms with van der Waals surface area (Å²) >= 11 is 0. The van der Waals surface area contributed by atoms with Crippen molar-refractivity contribution < 1.29 is 44.2 Å². The van der Waals surface area contributed by atoms with Gasteiger partial charge in [-0.2, -0.15) is 0 Å². The maximum atomic E-state index is 13.5. The second kappa shape index (κ2) is 11.0. The minimum absolute atomic E-state index is 0.0140. The van der Waals surface area contributed by atoms with Crippen molar-refractivity contribution >= 4 is 11.9 Å². The molecular formula is C37H58O9. The summed E-state index contributed by atoms with van der Waals surface area (Å²) in [6.45, 7) is 16.6. The standard InChI is InChI=1S/C37H58O9/c1-32(2)15-17-37(31(43)44-8)18-16-35(6)20(21(37)19-32)9-10-23-34(5)13-12-24(33(3,4)22(34)11-14-36(23,35)7)45-30-27(40)25(38)26(39)28(46-30)29(41)42/h9,21-28,30,38-40H,10-19H2,1-8H3,(H,41,42)/t21-,22+,23-,24-,25-,26-,27+,28-,30+,34+,35+,36+,37+/m0/s1. The van der Waals surface area contributed by atoms with Gasteiger partial charge < -0.3 is 34.6 Å². The van der Waals surface area contributed by atoms with E-state index >= 15 is 0 Å². The Morgan fingerprint density at radius 1 is 0.848 bits per heavy atom. The highest BCUT2D eigenvalue weighted by atomic mass is 16.7. The molecule has 4 saturated carbocycles. The van der Waals surface area contributed by atoms with Gasteiger partial charge in [0.15, 0.2) is 12.4 Å². The molecule has 9 nitrogen and oxygen atoms in total. The van der Waals surface area contributed by atoms with Crippen molar-refractivity contribution in [2.75, 3.05) is 7.11 Å². The second-order valence-corrected chi connectivity index (χ2v) is 18.1. The number of rotatable bonds is 4. The van der Waals surface area contributed by atoms with Crippen molar-refractivity contribution in [2.24, 2.45) is 50.2 Å². The molecule has 46 heavy (non-hydrogen) atoms. The number of carbonyl (C=O) groups is 2. The van der Waals surface area contributed by atoms with Crippen LogP contribution in [0.4, 0.5) is 0 Å². The van der Waals surface area contributed by atoms with E-state index < -0.39 is 42.1 Å². The minimum Gasteiger partial charge on any atom is -0.479 e. The Morgan fingerprint density at radius 3 is 2.17 bits per heavy atom. The minimum atomic E-state index is -1.74. The number of aliphatic carboxylic acids is 1. The molecule has 0 amide bonds. The zero-order valence-corrected chi connectivity index (χ0v) is 29.2. The topological polar surface area (TPSA) is 143 Å². The van der Waals surface area contributed by atoms with Crippen LogP contribution >= 0.6 is 0 Å². The maximum absolute atomic E-state index is 13.5. The van der Waals surface area contributed by atoms with Gasteiger partial charge in [0.2, 0.25) is 0 Å². The van der Waals surface area contributed by atoms with Crippen molar-refractivity contribution in [3.05, 3.63) is 11.6 Å². The predicted molar refractivity (Wildman–Crippen MR) is 170 cm³/mol. The lowest BCUT2D eigenvalue weighted by Crippen LogP contribution is -2.66. The smallest absolute Gasteiger partial charge is 0.335 e. The molecule has 0 bridgehead atoms. The number of methoxy groups -OCH3 is 1. The summed E-state index contributed by atoms with van der Waals surface area (Å²) < 4.78 is 17.4. The molecule has 4 N–H and O–H groups in total. The van der Waals surface area contributed by atoms with Crippen molar-refractivity contribution in [3.8, 4) is 0 Å². The van der Waals surface area contributed by atoms with E-state index in [0.29, 0.717) is 18.3 Å². The molecule has 0 aromatic carbocycles. The van der Waals surface area contributed by atoms with Gasteiger partial charge in [-0.3, -0.25) is 4.79 Å². The molecule has 0 spiro atoms. The first-order valence-corrected chi connectivity index (χ1v) is 17.7. The number of allylic oxidation sites excluding steroid dienone is 2. The number of ether oxygens (including phenoxy) is 3. The highest BCUT2D eigenvalue weighted by Crippen LogP contribution is 2.76. The summed E-state index contributed by atoms with van der Waals surface area (Å²) in [4.78, 5) is 25.2. The average molecular weight is 647 g/mol. The van der Waals surface area contributed by atoms with Gasteiger partial charge in [0.25, 0.3) is 0 Å². The number of esters is 1. The number of carboxylic acid groups (broad SMARTS) is 1. The molecule has 5 fully saturated rings. The van der Waals surface area contributed by atoms with Crippen LogP contribution in [-0.4, -0.2) is 76.3 Å². The molecule has 1 saturated heterocycles. The van der Waals surface area contributed by atoms with E-state index in [2.05, 4.69) is 54.5 Å². The number of fused-ring (bicyclic) bond motifs is 7. The van der Waals surface area contributed by atoms with E-state index in [1.165, 1.54) is 5.57 Å². The summed E-state index contributed by atoms with van der Waals surface area (Å²) in [7, 11) is 1.55. The van der Waals surface area contributed by atoms with Crippen LogP contribution in [0.15, 0.2) is 11.6 Å². The van der Waals surface area contributed by atoms with E-state index in [-0.39, 0.29) is 45.1 Å². The van der Waals surface area contributed by atoms with Gasteiger partial charge >= 0.3 is 11.9 Å². The molecule has 1 aliphatic heterocycles. The Kier molecular flexibility index (Phi) is 8.21. The highest BCUT2D eigenvalue weighted by molar-refractivity contribution is 5.78. The fourth-order valence-electron chi connectivity index (χ4n) is 12.4. The first-order valence-electron chi connectivity index (χ1n) is 17.7. The maximum Gasteiger partial charge on any atom is 0.335 e. The van der Waals surface area contributed by atoms with Crippen molar-refractivity contribution in [1.29, 1.82) is 0 Å². The van der Waals surface area contributed by atoms with Crippen molar-refractivity contribution in [2.45, 2.75) is 149 Å². The molecule has 13 atom stereocenters. The zero-order chi connectivity index (χ0) is 33.8. The number of hydrogen-bond acceptors (Lipinski definition) is 8. The number of aliphatic hydroxyl groups excluding tert-OH is 3. The SMILES string of the molecule is COC(=O)[C@@]12CCC(C)(C)C[C@H]1C1=CC[C@H]3[C@]4(C)CC[C@H](O[C@@H]5O[C@H](C(=O)O)[C@@H](O)[C@H](O)[C@H]5O)C(C)(C)[C@H]4CC[C@@]3(C)[C@]1(C)CC2. The van der Waals surface area contributed by atoms with Crippen LogP contribution in [0, 0.1) is 50.2 Å². The zero-order valence-electron chi connectivity index (χ0n) is 29.2. The molecule has 6 rings (SSSR count). The molecule has 6 aliphatic rings. The molecule has 0 radical (unpaired) electrons. The first kappa shape index (κ1) is 34.3. The number of carboxylic acids is 1. The lowest BCUT2D eigenvalue weighted by atomic mass is 9.33. The Morgan fingerprint density at radius 2 is 1.52 bits per heavy atom. The van der Waals surface area contributed by atoms with Gasteiger partial charge in [0.05, 0.1) is 18.6 Å². The van der Waals surface area contributed by atoms with Gasteiger partial charge in [0.1, 0.15) is 18.3 Å². The molecule has 1 heterocycles. The third kappa shape index (κ3) is 4.64. The van der Waals surface area contributed by atoms with Crippen LogP contribution in [0.25, 0.3) is 0 Å². The van der Waals surface area contributed by atoms with E-state index in [4.69, 9.17) is 14.2 Å². The van der Waals surface area contributed by atoms with Crippen LogP contribution < -0.4 is 0 Å². The van der Waals surface area contributed by atoms with Crippen LogP contribution in [0.3, 0.4) is 0 Å². The fraction of sp³-hybridized carbons (Fsp3) is 0.892. The Labute approximate surface area is 274 Å². The summed E-state index contributed by atoms with van der Waals surface area (Å²) in [5.41, 5.74) is 1.02. The second-order valence-electron chi connectivity index (χ2n) is 18.1. The van der Waals surface area contributed by atoms with Gasteiger partial charge in [0, 0.05) is 0 Å². The number of hydrogen-bond donors (Lipinski definition) is 4. The molecule has 0 aromatic rings. The lowest BCUT2D eigenvalue weighted by Gasteiger charge is -2.71. The first-order chi connectivity index (χ1) is 21.3. The molecule has 5 aliphatic carbocycles. The van der Waals surface area contributed by atoms with E-state index in [1.807, 2.05) is 0 Å². The normalized spacial score (nSPS) is 50.9. The van der Waals surface area contributed by atoms with Crippen LogP contribution in [0.1, 0.15) is 113 Å². The number of aliphatic hydroxyl groups is 3. The lowest BCUT2D eigenvalue weighted by molar-refractivity contribution is -0.324. The number of carbonyl (C=O) groups excluding carboxylic acids is 1. The van der Waals surface area contributed by atoms with E-state index in [9.17, 15) is 30.0 Å². The summed E-state index contributed by atoms with van der Waals surface area (Å²) in [5.74, 6) is -0.469. The van der Waals surface area contributed by atoms with E-state index in [1.54, 1.807) is 7.11 Å². The molecule has 260 valence electrons.